The minimum atomic E-state index is 0.554. The maximum absolute atomic E-state index is 5.62. The molecule has 3 rings (SSSR count). The molecule has 2 N–H and O–H groups in total. The van der Waals surface area contributed by atoms with Gasteiger partial charge in [-0.15, -0.1) is 0 Å². The summed E-state index contributed by atoms with van der Waals surface area (Å²) in [6.07, 6.45) is 3.92. The summed E-state index contributed by atoms with van der Waals surface area (Å²) < 4.78 is 5.62. The molecule has 4 nitrogen and oxygen atoms in total. The molecule has 0 bridgehead atoms. The molecule has 0 spiro atoms. The number of thiocarbonyl (C=S) groups is 1. The molecule has 1 heterocycles. The van der Waals surface area contributed by atoms with Crippen molar-refractivity contribution >= 4 is 34.4 Å². The Morgan fingerprint density at radius 3 is 2.44 bits per heavy atom. The van der Waals surface area contributed by atoms with Crippen LogP contribution in [0.15, 0.2) is 48.5 Å². The normalized spacial score (nSPS) is 14.0. The van der Waals surface area contributed by atoms with Gasteiger partial charge in [0.15, 0.2) is 5.11 Å². The van der Waals surface area contributed by atoms with Gasteiger partial charge in [-0.3, -0.25) is 0 Å². The van der Waals surface area contributed by atoms with Gasteiger partial charge in [-0.25, -0.2) is 0 Å². The van der Waals surface area contributed by atoms with Crippen LogP contribution < -0.4 is 20.3 Å². The molecule has 0 amide bonds. The Morgan fingerprint density at radius 2 is 1.72 bits per heavy atom. The van der Waals surface area contributed by atoms with Gasteiger partial charge < -0.3 is 20.3 Å². The van der Waals surface area contributed by atoms with Crippen molar-refractivity contribution in [2.24, 2.45) is 0 Å². The van der Waals surface area contributed by atoms with Gasteiger partial charge in [0.05, 0.1) is 12.3 Å². The van der Waals surface area contributed by atoms with E-state index in [0.717, 1.165) is 30.2 Å². The van der Waals surface area contributed by atoms with Gasteiger partial charge in [0.2, 0.25) is 0 Å². The monoisotopic (exact) mass is 355 g/mol. The van der Waals surface area contributed by atoms with Crippen LogP contribution in [0.3, 0.4) is 0 Å². The largest absolute Gasteiger partial charge is 0.492 e. The predicted octanol–water partition coefficient (Wildman–Crippen LogP) is 4.88. The number of nitrogens with one attached hydrogen (secondary N) is 2. The molecule has 132 valence electrons. The van der Waals surface area contributed by atoms with E-state index >= 15 is 0 Å². The quantitative estimate of drug-likeness (QED) is 0.747. The second-order valence-corrected chi connectivity index (χ2v) is 6.51. The fourth-order valence-corrected chi connectivity index (χ4v) is 3.27. The Labute approximate surface area is 155 Å². The van der Waals surface area contributed by atoms with Crippen LogP contribution in [0.1, 0.15) is 26.2 Å². The Balaban J connectivity index is 1.59. The van der Waals surface area contributed by atoms with Crippen LogP contribution in [0.2, 0.25) is 0 Å². The number of hydrogen-bond acceptors (Lipinski definition) is 3. The Kier molecular flexibility index (Phi) is 6.12. The smallest absolute Gasteiger partial charge is 0.175 e. The van der Waals surface area contributed by atoms with Crippen molar-refractivity contribution in [1.29, 1.82) is 0 Å². The van der Waals surface area contributed by atoms with Gasteiger partial charge in [0, 0.05) is 24.5 Å². The highest BCUT2D eigenvalue weighted by Gasteiger charge is 2.11. The van der Waals surface area contributed by atoms with Crippen LogP contribution in [0.5, 0.6) is 5.75 Å². The SMILES string of the molecule is CCOc1ccccc1NC(=S)Nc1ccc(N2CCCCC2)cc1. The minimum absolute atomic E-state index is 0.554. The van der Waals surface area contributed by atoms with Gasteiger partial charge >= 0.3 is 0 Å². The standard InChI is InChI=1S/C20H25N3OS/c1-2-24-19-9-5-4-8-18(19)22-20(25)21-16-10-12-17(13-11-16)23-14-6-3-7-15-23/h4-5,8-13H,2-3,6-7,14-15H2,1H3,(H2,21,22,25). The Morgan fingerprint density at radius 1 is 1.00 bits per heavy atom. The maximum Gasteiger partial charge on any atom is 0.175 e. The molecule has 0 saturated carbocycles. The van der Waals surface area contributed by atoms with Crippen LogP contribution in [0.4, 0.5) is 17.1 Å². The van der Waals surface area contributed by atoms with Crippen molar-refractivity contribution in [1.82, 2.24) is 0 Å². The van der Waals surface area contributed by atoms with Crippen molar-refractivity contribution in [3.05, 3.63) is 48.5 Å². The first-order valence-electron chi connectivity index (χ1n) is 8.91. The van der Waals surface area contributed by atoms with Crippen LogP contribution >= 0.6 is 12.2 Å². The average Bonchev–Trinajstić information content (AvgIpc) is 2.65. The van der Waals surface area contributed by atoms with Crippen molar-refractivity contribution in [2.75, 3.05) is 35.2 Å². The molecule has 0 radical (unpaired) electrons. The van der Waals surface area contributed by atoms with Crippen molar-refractivity contribution < 1.29 is 4.74 Å². The first kappa shape index (κ1) is 17.5. The van der Waals surface area contributed by atoms with E-state index < -0.39 is 0 Å². The average molecular weight is 356 g/mol. The van der Waals surface area contributed by atoms with Gasteiger partial charge in [-0.1, -0.05) is 12.1 Å². The fourth-order valence-electron chi connectivity index (χ4n) is 3.04. The van der Waals surface area contributed by atoms with Crippen LogP contribution in [0, 0.1) is 0 Å². The molecule has 1 saturated heterocycles. The topological polar surface area (TPSA) is 36.5 Å². The minimum Gasteiger partial charge on any atom is -0.492 e. The zero-order valence-corrected chi connectivity index (χ0v) is 15.4. The van der Waals surface area contributed by atoms with Crippen LogP contribution in [-0.4, -0.2) is 24.8 Å². The van der Waals surface area contributed by atoms with Crippen molar-refractivity contribution in [3.8, 4) is 5.75 Å². The number of nitrogens with zero attached hydrogens (tertiary/aromatic N) is 1. The number of para-hydroxylation sites is 2. The molecule has 25 heavy (non-hydrogen) atoms. The van der Waals surface area contributed by atoms with Gasteiger partial charge in [0.25, 0.3) is 0 Å². The zero-order valence-electron chi connectivity index (χ0n) is 14.6. The lowest BCUT2D eigenvalue weighted by atomic mass is 10.1. The predicted molar refractivity (Wildman–Crippen MR) is 110 cm³/mol. The molecule has 0 atom stereocenters. The van der Waals surface area contributed by atoms with Crippen LogP contribution in [-0.2, 0) is 0 Å². The third-order valence-corrected chi connectivity index (χ3v) is 4.49. The number of ether oxygens (including phenoxy) is 1. The number of rotatable bonds is 5. The summed E-state index contributed by atoms with van der Waals surface area (Å²) in [6.45, 7) is 4.90. The fraction of sp³-hybridized carbons (Fsp3) is 0.350. The lowest BCUT2D eigenvalue weighted by molar-refractivity contribution is 0.342. The summed E-state index contributed by atoms with van der Waals surface area (Å²) in [5.41, 5.74) is 3.13. The van der Waals surface area contributed by atoms with Gasteiger partial charge in [-0.2, -0.15) is 0 Å². The van der Waals surface area contributed by atoms with Gasteiger partial charge in [-0.05, 0) is 74.8 Å². The van der Waals surface area contributed by atoms with E-state index in [1.807, 2.05) is 31.2 Å². The maximum atomic E-state index is 5.62. The molecule has 1 aliphatic heterocycles. The first-order valence-corrected chi connectivity index (χ1v) is 9.32. The number of benzene rings is 2. The highest BCUT2D eigenvalue weighted by atomic mass is 32.1. The summed E-state index contributed by atoms with van der Waals surface area (Å²) in [4.78, 5) is 2.45. The lowest BCUT2D eigenvalue weighted by Crippen LogP contribution is -2.29. The third kappa shape index (κ3) is 4.86. The second kappa shape index (κ2) is 8.72. The van der Waals surface area contributed by atoms with Crippen molar-refractivity contribution in [2.45, 2.75) is 26.2 Å². The van der Waals surface area contributed by atoms with E-state index in [9.17, 15) is 0 Å². The summed E-state index contributed by atoms with van der Waals surface area (Å²) >= 11 is 5.43. The number of piperidine rings is 1. The van der Waals surface area contributed by atoms with E-state index in [-0.39, 0.29) is 0 Å². The lowest BCUT2D eigenvalue weighted by Gasteiger charge is -2.28. The van der Waals surface area contributed by atoms with E-state index in [0.29, 0.717) is 11.7 Å². The first-order chi connectivity index (χ1) is 12.3. The second-order valence-electron chi connectivity index (χ2n) is 6.10. The number of anilines is 3. The molecule has 0 aliphatic carbocycles. The summed E-state index contributed by atoms with van der Waals surface area (Å²) in [5, 5.41) is 7.00. The molecule has 2 aromatic carbocycles. The summed E-state index contributed by atoms with van der Waals surface area (Å²) in [7, 11) is 0. The summed E-state index contributed by atoms with van der Waals surface area (Å²) in [5.74, 6) is 0.801. The Hall–Kier alpha value is -2.27. The van der Waals surface area contributed by atoms with Gasteiger partial charge in [0.1, 0.15) is 5.75 Å². The van der Waals surface area contributed by atoms with E-state index in [1.54, 1.807) is 0 Å². The molecule has 2 aromatic rings. The van der Waals surface area contributed by atoms with Crippen molar-refractivity contribution in [3.63, 3.8) is 0 Å². The third-order valence-electron chi connectivity index (χ3n) is 4.28. The molecule has 0 unspecified atom stereocenters. The molecular weight excluding hydrogens is 330 g/mol. The summed E-state index contributed by atoms with van der Waals surface area (Å²) in [6, 6.07) is 16.3. The molecule has 5 heteroatoms. The zero-order chi connectivity index (χ0) is 17.5. The van der Waals surface area contributed by atoms with E-state index in [2.05, 4.69) is 39.8 Å². The van der Waals surface area contributed by atoms with E-state index in [4.69, 9.17) is 17.0 Å². The highest BCUT2D eigenvalue weighted by molar-refractivity contribution is 7.80. The van der Waals surface area contributed by atoms with E-state index in [1.165, 1.54) is 24.9 Å². The highest BCUT2D eigenvalue weighted by Crippen LogP contribution is 2.25. The molecule has 1 fully saturated rings. The Bertz CT molecular complexity index is 696. The van der Waals surface area contributed by atoms with Crippen LogP contribution in [0.25, 0.3) is 0 Å². The molecule has 1 aliphatic rings. The molecular formula is C20H25N3OS. The molecule has 0 aromatic heterocycles. The number of hydrogen-bond donors (Lipinski definition) is 2.